The average Bonchev–Trinajstić information content (AvgIpc) is 2.85. The SMILES string of the molecule is CC=CCC1(C(C)CCC)C(=O)N(OCc2ccccc2)C(=O)N(OCc2ccccc2)C1=O. The second kappa shape index (κ2) is 11.7. The third-order valence-corrected chi connectivity index (χ3v) is 6.12. The first-order valence-electron chi connectivity index (χ1n) is 11.6. The van der Waals surface area contributed by atoms with Gasteiger partial charge in [0.25, 0.3) is 11.8 Å². The molecular weight excluding hydrogens is 432 g/mol. The topological polar surface area (TPSA) is 76.2 Å². The Balaban J connectivity index is 1.97. The van der Waals surface area contributed by atoms with Gasteiger partial charge in [-0.2, -0.15) is 0 Å². The molecule has 34 heavy (non-hydrogen) atoms. The smallest absolute Gasteiger partial charge is 0.271 e. The number of hydrogen-bond acceptors (Lipinski definition) is 5. The summed E-state index contributed by atoms with van der Waals surface area (Å²) in [7, 11) is 0. The van der Waals surface area contributed by atoms with E-state index < -0.39 is 23.3 Å². The minimum atomic E-state index is -1.51. The van der Waals surface area contributed by atoms with Crippen LogP contribution in [0.1, 0.15) is 51.2 Å². The van der Waals surface area contributed by atoms with Crippen LogP contribution in [0.3, 0.4) is 0 Å². The third-order valence-electron chi connectivity index (χ3n) is 6.12. The lowest BCUT2D eigenvalue weighted by Gasteiger charge is -2.44. The first-order valence-corrected chi connectivity index (χ1v) is 11.6. The fraction of sp³-hybridized carbons (Fsp3) is 0.370. The van der Waals surface area contributed by atoms with E-state index >= 15 is 0 Å². The van der Waals surface area contributed by atoms with Crippen molar-refractivity contribution in [3.63, 3.8) is 0 Å². The molecule has 1 saturated heterocycles. The van der Waals surface area contributed by atoms with E-state index in [2.05, 4.69) is 0 Å². The molecule has 0 N–H and O–H groups in total. The van der Waals surface area contributed by atoms with Gasteiger partial charge in [-0.1, -0.05) is 93.1 Å². The van der Waals surface area contributed by atoms with Crippen LogP contribution in [0.2, 0.25) is 0 Å². The molecule has 4 amide bonds. The Morgan fingerprint density at radius 3 is 1.74 bits per heavy atom. The molecule has 7 nitrogen and oxygen atoms in total. The van der Waals surface area contributed by atoms with E-state index in [9.17, 15) is 14.4 Å². The van der Waals surface area contributed by atoms with Gasteiger partial charge >= 0.3 is 6.03 Å². The predicted octanol–water partition coefficient (Wildman–Crippen LogP) is 5.43. The number of hydrogen-bond donors (Lipinski definition) is 0. The van der Waals surface area contributed by atoms with Gasteiger partial charge in [-0.05, 0) is 36.8 Å². The molecule has 1 aliphatic heterocycles. The number of nitrogens with zero attached hydrogens (tertiary/aromatic N) is 2. The molecular formula is C27H32N2O5. The number of carbonyl (C=O) groups excluding carboxylic acids is 3. The zero-order valence-corrected chi connectivity index (χ0v) is 20.0. The largest absolute Gasteiger partial charge is 0.382 e. The van der Waals surface area contributed by atoms with Crippen molar-refractivity contribution in [1.29, 1.82) is 0 Å². The normalized spacial score (nSPS) is 17.0. The van der Waals surface area contributed by atoms with Crippen molar-refractivity contribution in [2.45, 2.75) is 53.2 Å². The minimum absolute atomic E-state index is 0.000884. The van der Waals surface area contributed by atoms with Crippen molar-refractivity contribution >= 4 is 17.8 Å². The maximum atomic E-state index is 13.8. The first kappa shape index (κ1) is 25.3. The number of allylic oxidation sites excluding steroid dienone is 2. The quantitative estimate of drug-likeness (QED) is 0.327. The highest BCUT2D eigenvalue weighted by Gasteiger charge is 2.60. The number of barbiturate groups is 1. The van der Waals surface area contributed by atoms with E-state index in [-0.39, 0.29) is 25.6 Å². The molecule has 2 aromatic carbocycles. The van der Waals surface area contributed by atoms with Crippen LogP contribution in [0.4, 0.5) is 4.79 Å². The molecule has 0 radical (unpaired) electrons. The average molecular weight is 465 g/mol. The fourth-order valence-electron chi connectivity index (χ4n) is 4.14. The van der Waals surface area contributed by atoms with Gasteiger partial charge in [0.2, 0.25) is 0 Å². The van der Waals surface area contributed by atoms with Gasteiger partial charge in [-0.3, -0.25) is 19.3 Å². The molecule has 7 heteroatoms. The Hall–Kier alpha value is -3.29. The zero-order valence-electron chi connectivity index (χ0n) is 20.0. The fourth-order valence-corrected chi connectivity index (χ4v) is 4.14. The van der Waals surface area contributed by atoms with E-state index in [1.165, 1.54) is 0 Å². The summed E-state index contributed by atoms with van der Waals surface area (Å²) in [5.74, 6) is -1.65. The van der Waals surface area contributed by atoms with Crippen LogP contribution in [-0.4, -0.2) is 28.0 Å². The molecule has 0 spiro atoms. The van der Waals surface area contributed by atoms with Crippen molar-refractivity contribution < 1.29 is 24.1 Å². The Morgan fingerprint density at radius 2 is 1.32 bits per heavy atom. The maximum Gasteiger partial charge on any atom is 0.382 e. The van der Waals surface area contributed by atoms with E-state index in [1.54, 1.807) is 12.2 Å². The van der Waals surface area contributed by atoms with Crippen LogP contribution in [-0.2, 0) is 32.5 Å². The number of imide groups is 2. The highest BCUT2D eigenvalue weighted by atomic mass is 16.7. The first-order chi connectivity index (χ1) is 16.5. The number of benzene rings is 2. The standard InChI is InChI=1S/C27H32N2O5/c1-4-6-18-27(21(3)13-5-2)24(30)28(33-19-22-14-9-7-10-15-22)26(32)29(25(27)31)34-20-23-16-11-8-12-17-23/h4,6-12,14-17,21H,5,13,18-20H2,1-3H3. The molecule has 1 fully saturated rings. The molecule has 0 aliphatic carbocycles. The summed E-state index contributed by atoms with van der Waals surface area (Å²) in [6, 6.07) is 17.5. The van der Waals surface area contributed by atoms with Gasteiger partial charge in [0, 0.05) is 0 Å². The van der Waals surface area contributed by atoms with Gasteiger partial charge < -0.3 is 0 Å². The molecule has 1 aliphatic rings. The highest BCUT2D eigenvalue weighted by Crippen LogP contribution is 2.43. The summed E-state index contributed by atoms with van der Waals surface area (Å²) >= 11 is 0. The van der Waals surface area contributed by atoms with Gasteiger partial charge in [0.05, 0.1) is 0 Å². The molecule has 0 bridgehead atoms. The molecule has 0 aromatic heterocycles. The summed E-state index contributed by atoms with van der Waals surface area (Å²) in [4.78, 5) is 52.3. The number of hydroxylamine groups is 4. The Kier molecular flexibility index (Phi) is 8.73. The second-order valence-corrected chi connectivity index (χ2v) is 8.43. The lowest BCUT2D eigenvalue weighted by molar-refractivity contribution is -0.232. The summed E-state index contributed by atoms with van der Waals surface area (Å²) < 4.78 is 0. The summed E-state index contributed by atoms with van der Waals surface area (Å²) in [5, 5.41) is 1.41. The molecule has 1 unspecified atom stereocenters. The van der Waals surface area contributed by atoms with Crippen LogP contribution < -0.4 is 0 Å². The molecule has 2 aromatic rings. The molecule has 1 atom stereocenters. The Labute approximate surface area is 200 Å². The molecule has 180 valence electrons. The van der Waals surface area contributed by atoms with E-state index in [4.69, 9.17) is 9.68 Å². The number of rotatable bonds is 11. The van der Waals surface area contributed by atoms with Crippen LogP contribution in [0.5, 0.6) is 0 Å². The lowest BCUT2D eigenvalue weighted by atomic mass is 9.69. The Morgan fingerprint density at radius 1 is 0.853 bits per heavy atom. The number of amides is 4. The molecule has 0 saturated carbocycles. The summed E-state index contributed by atoms with van der Waals surface area (Å²) in [6.45, 7) is 5.69. The molecule has 3 rings (SSSR count). The van der Waals surface area contributed by atoms with Crippen molar-refractivity contribution in [2.24, 2.45) is 11.3 Å². The van der Waals surface area contributed by atoms with Crippen LogP contribution in [0, 0.1) is 11.3 Å². The van der Waals surface area contributed by atoms with E-state index in [0.717, 1.165) is 17.5 Å². The van der Waals surface area contributed by atoms with Crippen LogP contribution >= 0.6 is 0 Å². The Bertz CT molecular complexity index is 941. The third kappa shape index (κ3) is 5.26. The lowest BCUT2D eigenvalue weighted by Crippen LogP contribution is -2.66. The van der Waals surface area contributed by atoms with Crippen molar-refractivity contribution in [2.75, 3.05) is 0 Å². The van der Waals surface area contributed by atoms with E-state index in [1.807, 2.05) is 81.4 Å². The van der Waals surface area contributed by atoms with Gasteiger partial charge in [-0.15, -0.1) is 10.1 Å². The number of urea groups is 1. The van der Waals surface area contributed by atoms with Crippen LogP contribution in [0.15, 0.2) is 72.8 Å². The maximum absolute atomic E-state index is 13.8. The summed E-state index contributed by atoms with van der Waals surface area (Å²) in [5.41, 5.74) is 0.0684. The monoisotopic (exact) mass is 464 g/mol. The van der Waals surface area contributed by atoms with Crippen molar-refractivity contribution in [1.82, 2.24) is 10.1 Å². The van der Waals surface area contributed by atoms with E-state index in [0.29, 0.717) is 16.5 Å². The minimum Gasteiger partial charge on any atom is -0.271 e. The second-order valence-electron chi connectivity index (χ2n) is 8.43. The molecule has 1 heterocycles. The van der Waals surface area contributed by atoms with Gasteiger partial charge in [0.15, 0.2) is 0 Å². The van der Waals surface area contributed by atoms with Crippen molar-refractivity contribution in [3.05, 3.63) is 83.9 Å². The van der Waals surface area contributed by atoms with Crippen LogP contribution in [0.25, 0.3) is 0 Å². The number of carbonyl (C=O) groups is 3. The predicted molar refractivity (Wildman–Crippen MR) is 127 cm³/mol. The summed E-state index contributed by atoms with van der Waals surface area (Å²) in [6.07, 6.45) is 5.13. The highest BCUT2D eigenvalue weighted by molar-refractivity contribution is 6.18. The zero-order chi connectivity index (χ0) is 24.6. The van der Waals surface area contributed by atoms with Gasteiger partial charge in [0.1, 0.15) is 18.6 Å². The van der Waals surface area contributed by atoms with Crippen molar-refractivity contribution in [3.8, 4) is 0 Å². The van der Waals surface area contributed by atoms with Gasteiger partial charge in [-0.25, -0.2) is 4.79 Å².